The summed E-state index contributed by atoms with van der Waals surface area (Å²) in [6.45, 7) is 0.132. The minimum absolute atomic E-state index is 0.0935. The third-order valence-electron chi connectivity index (χ3n) is 5.15. The van der Waals surface area contributed by atoms with Gasteiger partial charge in [-0.1, -0.05) is 30.3 Å². The highest BCUT2D eigenvalue weighted by Gasteiger charge is 2.47. The molecule has 1 atom stereocenters. The Morgan fingerprint density at radius 1 is 1.04 bits per heavy atom. The number of nitrogens with zero attached hydrogens (tertiary/aromatic N) is 1. The first kappa shape index (κ1) is 15.9. The van der Waals surface area contributed by atoms with Gasteiger partial charge >= 0.3 is 0 Å². The fourth-order valence-electron chi connectivity index (χ4n) is 3.63. The van der Waals surface area contributed by atoms with Crippen LogP contribution in [0.4, 0.5) is 5.69 Å². The average Bonchev–Trinajstić information content (AvgIpc) is 3.37. The Labute approximate surface area is 155 Å². The maximum absolute atomic E-state index is 13.2. The lowest BCUT2D eigenvalue weighted by molar-refractivity contribution is -0.122. The molecule has 1 fully saturated rings. The van der Waals surface area contributed by atoms with Crippen LogP contribution in [0, 0.1) is 5.92 Å². The lowest BCUT2D eigenvalue weighted by Crippen LogP contribution is -2.27. The molecule has 5 rings (SSSR count). The highest BCUT2D eigenvalue weighted by atomic mass is 16.7. The molecule has 0 bridgehead atoms. The highest BCUT2D eigenvalue weighted by Crippen LogP contribution is 2.45. The van der Waals surface area contributed by atoms with Gasteiger partial charge in [0, 0.05) is 17.7 Å². The smallest absolute Gasteiger partial charge is 0.231 e. The first-order chi connectivity index (χ1) is 13.1. The number of fused-ring (bicyclic) bond motifs is 1. The number of ketones is 2. The van der Waals surface area contributed by atoms with Crippen LogP contribution in [-0.2, 0) is 9.59 Å². The van der Waals surface area contributed by atoms with E-state index in [4.69, 9.17) is 9.47 Å². The van der Waals surface area contributed by atoms with E-state index < -0.39 is 6.04 Å². The Kier molecular flexibility index (Phi) is 3.47. The Morgan fingerprint density at radius 2 is 1.78 bits per heavy atom. The topological polar surface area (TPSA) is 76.1 Å². The van der Waals surface area contributed by atoms with Gasteiger partial charge in [0.1, 0.15) is 11.6 Å². The lowest BCUT2D eigenvalue weighted by Gasteiger charge is -2.26. The maximum atomic E-state index is 13.2. The summed E-state index contributed by atoms with van der Waals surface area (Å²) >= 11 is 0. The lowest BCUT2D eigenvalue weighted by atomic mass is 9.97. The summed E-state index contributed by atoms with van der Waals surface area (Å²) in [6, 6.07) is 13.6. The van der Waals surface area contributed by atoms with Crippen molar-refractivity contribution in [2.24, 2.45) is 5.92 Å². The minimum atomic E-state index is -0.788. The summed E-state index contributed by atoms with van der Waals surface area (Å²) in [5.41, 5.74) is 1.19. The van der Waals surface area contributed by atoms with Gasteiger partial charge in [0.25, 0.3) is 0 Å². The molecule has 0 spiro atoms. The van der Waals surface area contributed by atoms with Crippen LogP contribution in [0.3, 0.4) is 0 Å². The van der Waals surface area contributed by atoms with Crippen molar-refractivity contribution in [1.82, 2.24) is 0 Å². The molecule has 0 amide bonds. The number of carbonyl (C=O) groups is 2. The molecule has 1 N–H and O–H groups in total. The van der Waals surface area contributed by atoms with E-state index in [1.807, 2.05) is 30.3 Å². The number of hydrogen-bond acceptors (Lipinski definition) is 6. The third-order valence-corrected chi connectivity index (χ3v) is 5.15. The number of ether oxygens (including phenoxy) is 2. The van der Waals surface area contributed by atoms with Gasteiger partial charge in [-0.2, -0.15) is 0 Å². The predicted molar refractivity (Wildman–Crippen MR) is 96.6 cm³/mol. The number of benzene rings is 2. The molecular weight excluding hydrogens is 346 g/mol. The normalized spacial score (nSPS) is 21.1. The van der Waals surface area contributed by atoms with Crippen LogP contribution >= 0.6 is 0 Å². The Hall–Kier alpha value is -3.28. The van der Waals surface area contributed by atoms with Gasteiger partial charge in [0.05, 0.1) is 0 Å². The van der Waals surface area contributed by atoms with E-state index in [1.165, 1.54) is 4.90 Å². The van der Waals surface area contributed by atoms with Gasteiger partial charge in [-0.15, -0.1) is 0 Å². The van der Waals surface area contributed by atoms with Crippen molar-refractivity contribution < 1.29 is 24.2 Å². The first-order valence-electron chi connectivity index (χ1n) is 8.90. The quantitative estimate of drug-likeness (QED) is 0.840. The van der Waals surface area contributed by atoms with E-state index in [1.54, 1.807) is 18.2 Å². The summed E-state index contributed by atoms with van der Waals surface area (Å²) in [4.78, 5) is 27.3. The third kappa shape index (κ3) is 2.48. The van der Waals surface area contributed by atoms with Crippen LogP contribution in [-0.4, -0.2) is 23.5 Å². The van der Waals surface area contributed by atoms with Crippen LogP contribution in [0.25, 0.3) is 0 Å². The molecule has 27 heavy (non-hydrogen) atoms. The molecule has 2 aromatic carbocycles. The van der Waals surface area contributed by atoms with Crippen LogP contribution in [0.1, 0.15) is 24.4 Å². The van der Waals surface area contributed by atoms with E-state index in [-0.39, 0.29) is 35.7 Å². The van der Waals surface area contributed by atoms with Gasteiger partial charge in [0.2, 0.25) is 12.7 Å². The van der Waals surface area contributed by atoms with Gasteiger partial charge in [0.15, 0.2) is 23.1 Å². The van der Waals surface area contributed by atoms with Crippen molar-refractivity contribution >= 4 is 17.3 Å². The van der Waals surface area contributed by atoms with E-state index in [9.17, 15) is 14.7 Å². The second-order valence-electron chi connectivity index (χ2n) is 6.92. The number of aliphatic hydroxyl groups is 1. The fourth-order valence-corrected chi connectivity index (χ4v) is 3.63. The molecular formula is C21H17NO5. The molecule has 3 aliphatic rings. The fraction of sp³-hybridized carbons (Fsp3) is 0.238. The second-order valence-corrected chi connectivity index (χ2v) is 6.92. The van der Waals surface area contributed by atoms with Crippen molar-refractivity contribution in [3.8, 4) is 11.5 Å². The Balaban J connectivity index is 1.64. The van der Waals surface area contributed by atoms with E-state index in [0.717, 1.165) is 12.8 Å². The van der Waals surface area contributed by atoms with Crippen molar-refractivity contribution in [3.63, 3.8) is 0 Å². The molecule has 2 aliphatic heterocycles. The minimum Gasteiger partial charge on any atom is -0.494 e. The Bertz CT molecular complexity index is 977. The maximum Gasteiger partial charge on any atom is 0.231 e. The van der Waals surface area contributed by atoms with Gasteiger partial charge in [-0.05, 0) is 30.5 Å². The van der Waals surface area contributed by atoms with Crippen LogP contribution in [0.2, 0.25) is 0 Å². The zero-order valence-corrected chi connectivity index (χ0v) is 14.4. The SMILES string of the molecule is O=C(C1=C(O)N(c2ccc3c(c2)OCO3)C(c2ccccc2)C1=O)C1CC1. The van der Waals surface area contributed by atoms with Crippen molar-refractivity contribution in [3.05, 3.63) is 65.6 Å². The number of aliphatic hydroxyl groups excluding tert-OH is 1. The average molecular weight is 363 g/mol. The Morgan fingerprint density at radius 3 is 2.52 bits per heavy atom. The summed E-state index contributed by atoms with van der Waals surface area (Å²) in [5, 5.41) is 10.9. The van der Waals surface area contributed by atoms with Gasteiger partial charge in [-0.25, -0.2) is 0 Å². The molecule has 6 heteroatoms. The second kappa shape index (κ2) is 5.87. The molecule has 2 aromatic rings. The standard InChI is InChI=1S/C21H17NO5/c23-19(13-6-7-13)17-20(24)18(12-4-2-1-3-5-12)22(21(17)25)14-8-9-15-16(10-14)27-11-26-15/h1-5,8-10,13,18,25H,6-7,11H2. The molecule has 0 aromatic heterocycles. The van der Waals surface area contributed by atoms with Crippen LogP contribution in [0.5, 0.6) is 11.5 Å². The molecule has 1 unspecified atom stereocenters. The van der Waals surface area contributed by atoms with Crippen LogP contribution < -0.4 is 14.4 Å². The summed E-state index contributed by atoms with van der Waals surface area (Å²) in [7, 11) is 0. The zero-order valence-electron chi connectivity index (χ0n) is 14.4. The van der Waals surface area contributed by atoms with Crippen molar-refractivity contribution in [2.45, 2.75) is 18.9 Å². The van der Waals surface area contributed by atoms with E-state index in [0.29, 0.717) is 22.7 Å². The number of rotatable bonds is 4. The monoisotopic (exact) mass is 363 g/mol. The van der Waals surface area contributed by atoms with E-state index >= 15 is 0 Å². The number of hydrogen-bond donors (Lipinski definition) is 1. The summed E-state index contributed by atoms with van der Waals surface area (Å²) in [6.07, 6.45) is 1.53. The molecule has 136 valence electrons. The largest absolute Gasteiger partial charge is 0.494 e. The molecule has 0 saturated heterocycles. The van der Waals surface area contributed by atoms with Crippen molar-refractivity contribution in [1.29, 1.82) is 0 Å². The molecule has 2 heterocycles. The molecule has 0 radical (unpaired) electrons. The number of Topliss-reactive ketones (excluding diaryl/α,β-unsaturated/α-hetero) is 2. The van der Waals surface area contributed by atoms with Gasteiger partial charge in [-0.3, -0.25) is 14.5 Å². The molecule has 1 aliphatic carbocycles. The molecule has 1 saturated carbocycles. The number of anilines is 1. The zero-order chi connectivity index (χ0) is 18.5. The predicted octanol–water partition coefficient (Wildman–Crippen LogP) is 3.29. The number of carbonyl (C=O) groups excluding carboxylic acids is 2. The van der Waals surface area contributed by atoms with Crippen LogP contribution in [0.15, 0.2) is 60.0 Å². The summed E-state index contributed by atoms with van der Waals surface area (Å²) in [5.74, 6) is 0.0820. The molecule has 6 nitrogen and oxygen atoms in total. The van der Waals surface area contributed by atoms with Gasteiger partial charge < -0.3 is 14.6 Å². The first-order valence-corrected chi connectivity index (χ1v) is 8.90. The van der Waals surface area contributed by atoms with E-state index in [2.05, 4.69) is 0 Å². The van der Waals surface area contributed by atoms with Crippen molar-refractivity contribution in [2.75, 3.05) is 11.7 Å². The highest BCUT2D eigenvalue weighted by molar-refractivity contribution is 6.26. The summed E-state index contributed by atoms with van der Waals surface area (Å²) < 4.78 is 10.8.